The number of methoxy groups -OCH3 is 1. The molecule has 0 aliphatic heterocycles. The molecule has 0 aromatic heterocycles. The van der Waals surface area contributed by atoms with Crippen LogP contribution < -0.4 is 9.47 Å². The van der Waals surface area contributed by atoms with Gasteiger partial charge in [-0.3, -0.25) is 4.79 Å². The van der Waals surface area contributed by atoms with E-state index in [0.717, 1.165) is 6.08 Å². The number of phenolic OH excluding ortho intramolecular Hbond substituents is 1. The molecule has 0 fully saturated rings. The number of phenols is 1. The first-order chi connectivity index (χ1) is 17.5. The maximum atomic E-state index is 12.5. The third-order valence-corrected chi connectivity index (χ3v) is 4.73. The first kappa shape index (κ1) is 28.5. The van der Waals surface area contributed by atoms with Gasteiger partial charge in [-0.15, -0.1) is 0 Å². The molecule has 0 radical (unpaired) electrons. The summed E-state index contributed by atoms with van der Waals surface area (Å²) in [6.45, 7) is 9.66. The molecule has 0 aliphatic carbocycles. The van der Waals surface area contributed by atoms with Crippen LogP contribution in [0, 0.1) is 0 Å². The molecule has 0 saturated carbocycles. The maximum absolute atomic E-state index is 12.5. The number of allylic oxidation sites excluding steroid dienone is 3. The highest BCUT2D eigenvalue weighted by molar-refractivity contribution is 6.03. The van der Waals surface area contributed by atoms with E-state index in [1.807, 2.05) is 0 Å². The van der Waals surface area contributed by atoms with Gasteiger partial charge in [-0.2, -0.15) is 0 Å². The number of aliphatic hydroxyl groups excluding tert-OH is 1. The summed E-state index contributed by atoms with van der Waals surface area (Å²) in [4.78, 5) is 36.4. The van der Waals surface area contributed by atoms with Gasteiger partial charge < -0.3 is 24.4 Å². The second kappa shape index (κ2) is 13.4. The normalized spacial score (nSPS) is 11.4. The molecule has 2 aromatic carbocycles. The number of carbonyl (C=O) groups is 3. The summed E-state index contributed by atoms with van der Waals surface area (Å²) in [5.74, 6) is -1.44. The van der Waals surface area contributed by atoms with Crippen LogP contribution in [0.2, 0.25) is 0 Å². The third kappa shape index (κ3) is 8.79. The van der Waals surface area contributed by atoms with E-state index in [2.05, 4.69) is 13.2 Å². The van der Waals surface area contributed by atoms with Crippen molar-refractivity contribution >= 4 is 29.9 Å². The van der Waals surface area contributed by atoms with Crippen molar-refractivity contribution in [1.29, 1.82) is 0 Å². The molecule has 2 N–H and O–H groups in total. The van der Waals surface area contributed by atoms with Crippen LogP contribution in [-0.4, -0.2) is 35.0 Å². The molecule has 0 spiro atoms. The van der Waals surface area contributed by atoms with Crippen LogP contribution in [-0.2, 0) is 25.7 Å². The molecule has 0 bridgehead atoms. The Labute approximate surface area is 215 Å². The molecule has 0 unspecified atom stereocenters. The second-order valence-corrected chi connectivity index (χ2v) is 7.91. The van der Waals surface area contributed by atoms with Crippen LogP contribution in [0.25, 0.3) is 12.2 Å². The van der Waals surface area contributed by atoms with Gasteiger partial charge >= 0.3 is 11.9 Å². The number of aliphatic hydroxyl groups is 1. The number of esters is 2. The number of ether oxygens (including phenoxy) is 3. The zero-order valence-electron chi connectivity index (χ0n) is 20.8. The van der Waals surface area contributed by atoms with Gasteiger partial charge in [0.1, 0.15) is 11.5 Å². The Morgan fingerprint density at radius 3 is 2.14 bits per heavy atom. The van der Waals surface area contributed by atoms with Crippen molar-refractivity contribution in [2.75, 3.05) is 7.11 Å². The van der Waals surface area contributed by atoms with Gasteiger partial charge in [0.2, 0.25) is 0 Å². The smallest absolute Gasteiger partial charge is 0.338 e. The highest BCUT2D eigenvalue weighted by Crippen LogP contribution is 2.27. The summed E-state index contributed by atoms with van der Waals surface area (Å²) in [6.07, 6.45) is 6.88. The molecule has 2 aromatic rings. The van der Waals surface area contributed by atoms with Gasteiger partial charge in [-0.05, 0) is 61.4 Å². The van der Waals surface area contributed by atoms with E-state index >= 15 is 0 Å². The van der Waals surface area contributed by atoms with E-state index < -0.39 is 17.7 Å². The van der Waals surface area contributed by atoms with E-state index in [1.165, 1.54) is 51.3 Å². The Balaban J connectivity index is 2.30. The van der Waals surface area contributed by atoms with Gasteiger partial charge in [-0.1, -0.05) is 37.4 Å². The van der Waals surface area contributed by atoms with Crippen LogP contribution in [0.15, 0.2) is 84.7 Å². The fourth-order valence-electron chi connectivity index (χ4n) is 2.76. The van der Waals surface area contributed by atoms with Crippen molar-refractivity contribution in [2.45, 2.75) is 20.5 Å². The minimum atomic E-state index is -0.714. The summed E-state index contributed by atoms with van der Waals surface area (Å²) < 4.78 is 15.5. The number of carbonyl (C=O) groups excluding carboxylic acids is 3. The second-order valence-electron chi connectivity index (χ2n) is 7.91. The van der Waals surface area contributed by atoms with E-state index in [-0.39, 0.29) is 40.8 Å². The molecule has 0 aliphatic rings. The van der Waals surface area contributed by atoms with Crippen molar-refractivity contribution < 1.29 is 38.8 Å². The fourth-order valence-corrected chi connectivity index (χ4v) is 2.76. The van der Waals surface area contributed by atoms with E-state index in [9.17, 15) is 24.6 Å². The lowest BCUT2D eigenvalue weighted by Crippen LogP contribution is -2.09. The van der Waals surface area contributed by atoms with Crippen LogP contribution in [0.1, 0.15) is 30.5 Å². The topological polar surface area (TPSA) is 119 Å². The molecule has 8 nitrogen and oxygen atoms in total. The monoisotopic (exact) mass is 504 g/mol. The fraction of sp³-hybridized carbons (Fsp3) is 0.138. The van der Waals surface area contributed by atoms with Gasteiger partial charge in [0, 0.05) is 22.8 Å². The number of hydrogen-bond acceptors (Lipinski definition) is 8. The minimum Gasteiger partial charge on any atom is -0.504 e. The number of aromatic hydroxyl groups is 1. The molecule has 2 rings (SSSR count). The van der Waals surface area contributed by atoms with Crippen molar-refractivity contribution in [2.24, 2.45) is 0 Å². The predicted molar refractivity (Wildman–Crippen MR) is 140 cm³/mol. The Hall–Kier alpha value is -4.69. The van der Waals surface area contributed by atoms with Gasteiger partial charge in [-0.25, -0.2) is 9.59 Å². The highest BCUT2D eigenvalue weighted by Gasteiger charge is 2.11. The standard InChI is InChI=1S/C29H28O8/c1-18(2)28(33)36-24(16-23(31)10-6-21-8-12-25(32)27(15-21)35-5)11-7-20-9-13-26(22(14-20)17-30)37-29(34)19(3)4/h6-16,30,32H,1,3,17H2,2,4-5H3/b10-6+,11-7+,24-16-. The molecule has 0 atom stereocenters. The Morgan fingerprint density at radius 1 is 0.892 bits per heavy atom. The zero-order chi connectivity index (χ0) is 27.5. The summed E-state index contributed by atoms with van der Waals surface area (Å²) in [7, 11) is 1.41. The van der Waals surface area contributed by atoms with Gasteiger partial charge in [0.25, 0.3) is 0 Å². The van der Waals surface area contributed by atoms with Crippen LogP contribution in [0.5, 0.6) is 17.2 Å². The SMILES string of the molecule is C=C(C)C(=O)OC(=C\C(=O)/C=C/c1ccc(O)c(OC)c1)/C=C/c1ccc(OC(=O)C(=C)C)c(CO)c1. The van der Waals surface area contributed by atoms with Crippen molar-refractivity contribution in [3.8, 4) is 17.2 Å². The lowest BCUT2D eigenvalue weighted by Gasteiger charge is -2.09. The first-order valence-electron chi connectivity index (χ1n) is 11.0. The number of rotatable bonds is 11. The van der Waals surface area contributed by atoms with E-state index in [0.29, 0.717) is 16.7 Å². The summed E-state index contributed by atoms with van der Waals surface area (Å²) in [6, 6.07) is 9.30. The molecular formula is C29H28O8. The molecule has 37 heavy (non-hydrogen) atoms. The first-order valence-corrected chi connectivity index (χ1v) is 11.0. The largest absolute Gasteiger partial charge is 0.504 e. The third-order valence-electron chi connectivity index (χ3n) is 4.73. The predicted octanol–water partition coefficient (Wildman–Crippen LogP) is 4.67. The van der Waals surface area contributed by atoms with Gasteiger partial charge in [0.05, 0.1) is 13.7 Å². The quantitative estimate of drug-likeness (QED) is 0.149. The maximum Gasteiger partial charge on any atom is 0.338 e. The van der Waals surface area contributed by atoms with Crippen LogP contribution >= 0.6 is 0 Å². The molecular weight excluding hydrogens is 476 g/mol. The summed E-state index contributed by atoms with van der Waals surface area (Å²) >= 11 is 0. The van der Waals surface area contributed by atoms with Crippen LogP contribution in [0.3, 0.4) is 0 Å². The Bertz CT molecular complexity index is 1310. The Kier molecular flexibility index (Phi) is 10.3. The number of benzene rings is 2. The molecule has 0 saturated heterocycles. The zero-order valence-corrected chi connectivity index (χ0v) is 20.8. The van der Waals surface area contributed by atoms with Crippen LogP contribution in [0.4, 0.5) is 0 Å². The van der Waals surface area contributed by atoms with Crippen molar-refractivity contribution in [1.82, 2.24) is 0 Å². The number of ketones is 1. The summed E-state index contributed by atoms with van der Waals surface area (Å²) in [5, 5.41) is 19.4. The molecule has 8 heteroatoms. The molecule has 0 amide bonds. The van der Waals surface area contributed by atoms with Crippen molar-refractivity contribution in [3.05, 3.63) is 101 Å². The molecule has 0 heterocycles. The highest BCUT2D eigenvalue weighted by atomic mass is 16.5. The summed E-state index contributed by atoms with van der Waals surface area (Å²) in [5.41, 5.74) is 1.89. The molecule has 192 valence electrons. The van der Waals surface area contributed by atoms with Gasteiger partial charge in [0.15, 0.2) is 17.3 Å². The minimum absolute atomic E-state index is 0.0311. The Morgan fingerprint density at radius 2 is 1.51 bits per heavy atom. The lowest BCUT2D eigenvalue weighted by molar-refractivity contribution is -0.134. The lowest BCUT2D eigenvalue weighted by atomic mass is 10.1. The van der Waals surface area contributed by atoms with E-state index in [4.69, 9.17) is 14.2 Å². The average molecular weight is 505 g/mol. The average Bonchev–Trinajstić information content (AvgIpc) is 2.87. The van der Waals surface area contributed by atoms with E-state index in [1.54, 1.807) is 30.3 Å². The van der Waals surface area contributed by atoms with Crippen molar-refractivity contribution in [3.63, 3.8) is 0 Å². The number of hydrogen-bond donors (Lipinski definition) is 2.